The number of carbonyl (C=O) groups is 2. The number of urea groups is 1. The van der Waals surface area contributed by atoms with Gasteiger partial charge in [-0.1, -0.05) is 44.0 Å². The first-order valence-electron chi connectivity index (χ1n) is 6.90. The number of aliphatic carboxylic acids is 1. The number of benzene rings is 1. The average Bonchev–Trinajstić information content (AvgIpc) is 2.44. The Bertz CT molecular complexity index is 490. The van der Waals surface area contributed by atoms with E-state index in [1.165, 1.54) is 0 Å². The van der Waals surface area contributed by atoms with E-state index >= 15 is 0 Å². The van der Waals surface area contributed by atoms with Crippen LogP contribution in [0.2, 0.25) is 5.02 Å². The van der Waals surface area contributed by atoms with Crippen molar-refractivity contribution in [1.29, 1.82) is 0 Å². The van der Waals surface area contributed by atoms with E-state index in [0.717, 1.165) is 5.56 Å². The quantitative estimate of drug-likeness (QED) is 0.754. The normalized spacial score (nSPS) is 14.9. The van der Waals surface area contributed by atoms with Crippen LogP contribution in [0.25, 0.3) is 0 Å². The third-order valence-electron chi connectivity index (χ3n) is 3.48. The zero-order valence-electron chi connectivity index (χ0n) is 12.4. The molecule has 3 atom stereocenters. The molecule has 0 bridgehead atoms. The lowest BCUT2D eigenvalue weighted by molar-refractivity contribution is -0.140. The third-order valence-corrected chi connectivity index (χ3v) is 3.74. The number of hydrogen-bond acceptors (Lipinski definition) is 2. The number of carboxylic acids is 1. The lowest BCUT2D eigenvalue weighted by Crippen LogP contribution is -2.49. The van der Waals surface area contributed by atoms with Crippen molar-refractivity contribution in [3.05, 3.63) is 34.9 Å². The van der Waals surface area contributed by atoms with Crippen molar-refractivity contribution in [3.8, 4) is 0 Å². The summed E-state index contributed by atoms with van der Waals surface area (Å²) in [6.07, 6.45) is 0.671. The molecule has 0 aliphatic carbocycles. The zero-order chi connectivity index (χ0) is 16.0. The second kappa shape index (κ2) is 7.88. The van der Waals surface area contributed by atoms with Crippen molar-refractivity contribution in [2.75, 3.05) is 0 Å². The zero-order valence-corrected chi connectivity index (χ0v) is 13.1. The minimum atomic E-state index is -1.03. The summed E-state index contributed by atoms with van der Waals surface area (Å²) in [4.78, 5) is 23.1. The van der Waals surface area contributed by atoms with Crippen LogP contribution >= 0.6 is 11.6 Å². The van der Waals surface area contributed by atoms with E-state index in [9.17, 15) is 9.59 Å². The van der Waals surface area contributed by atoms with Crippen LogP contribution in [-0.2, 0) is 4.79 Å². The van der Waals surface area contributed by atoms with Gasteiger partial charge in [-0.25, -0.2) is 9.59 Å². The van der Waals surface area contributed by atoms with Gasteiger partial charge in [0.25, 0.3) is 0 Å². The Kier molecular flexibility index (Phi) is 6.49. The Labute approximate surface area is 129 Å². The van der Waals surface area contributed by atoms with Gasteiger partial charge in [0.2, 0.25) is 0 Å². The van der Waals surface area contributed by atoms with Crippen molar-refractivity contribution in [2.45, 2.75) is 39.3 Å². The van der Waals surface area contributed by atoms with E-state index in [4.69, 9.17) is 16.7 Å². The van der Waals surface area contributed by atoms with Crippen molar-refractivity contribution in [1.82, 2.24) is 10.6 Å². The molecular weight excluding hydrogens is 292 g/mol. The van der Waals surface area contributed by atoms with E-state index in [2.05, 4.69) is 10.6 Å². The number of carboxylic acid groups (broad SMARTS) is 1. The standard InChI is InChI=1S/C15H21ClN2O3/c1-4-9(2)13(14(19)20)18-15(21)17-10(3)11-5-7-12(16)8-6-11/h5-10,13H,4H2,1-3H3,(H,19,20)(H2,17,18,21)/t9?,10?,13-/m0/s1. The number of nitrogens with one attached hydrogen (secondary N) is 2. The van der Waals surface area contributed by atoms with Gasteiger partial charge in [-0.15, -0.1) is 0 Å². The van der Waals surface area contributed by atoms with Crippen molar-refractivity contribution < 1.29 is 14.7 Å². The summed E-state index contributed by atoms with van der Waals surface area (Å²) in [5.41, 5.74) is 0.893. The van der Waals surface area contributed by atoms with E-state index in [1.807, 2.05) is 26.0 Å². The number of halogens is 1. The minimum Gasteiger partial charge on any atom is -0.480 e. The first kappa shape index (κ1) is 17.3. The molecule has 1 aromatic rings. The van der Waals surface area contributed by atoms with Crippen molar-refractivity contribution in [3.63, 3.8) is 0 Å². The molecule has 1 aromatic carbocycles. The highest BCUT2D eigenvalue weighted by Crippen LogP contribution is 2.16. The summed E-state index contributed by atoms with van der Waals surface area (Å²) in [6, 6.07) is 5.48. The molecule has 21 heavy (non-hydrogen) atoms. The number of carbonyl (C=O) groups excluding carboxylic acids is 1. The van der Waals surface area contributed by atoms with Crippen LogP contribution in [0.5, 0.6) is 0 Å². The summed E-state index contributed by atoms with van der Waals surface area (Å²) in [5, 5.41) is 15.0. The summed E-state index contributed by atoms with van der Waals surface area (Å²) in [6.45, 7) is 5.50. The van der Waals surface area contributed by atoms with Gasteiger partial charge in [0, 0.05) is 5.02 Å². The first-order valence-corrected chi connectivity index (χ1v) is 7.28. The fraction of sp³-hybridized carbons (Fsp3) is 0.467. The van der Waals surface area contributed by atoms with Gasteiger partial charge in [0.05, 0.1) is 6.04 Å². The fourth-order valence-electron chi connectivity index (χ4n) is 1.90. The Morgan fingerprint density at radius 3 is 2.24 bits per heavy atom. The van der Waals surface area contributed by atoms with Crippen LogP contribution in [-0.4, -0.2) is 23.1 Å². The van der Waals surface area contributed by atoms with Gasteiger partial charge in [0.15, 0.2) is 0 Å². The molecule has 5 nitrogen and oxygen atoms in total. The van der Waals surface area contributed by atoms with Gasteiger partial charge in [0.1, 0.15) is 6.04 Å². The largest absolute Gasteiger partial charge is 0.480 e. The second-order valence-corrected chi connectivity index (χ2v) is 5.53. The van der Waals surface area contributed by atoms with Crippen LogP contribution in [0, 0.1) is 5.92 Å². The van der Waals surface area contributed by atoms with Gasteiger partial charge in [-0.3, -0.25) is 0 Å². The Morgan fingerprint density at radius 1 is 1.19 bits per heavy atom. The maximum atomic E-state index is 11.9. The van der Waals surface area contributed by atoms with E-state index in [0.29, 0.717) is 11.4 Å². The van der Waals surface area contributed by atoms with E-state index < -0.39 is 18.0 Å². The van der Waals surface area contributed by atoms with Crippen molar-refractivity contribution >= 4 is 23.6 Å². The molecule has 2 unspecified atom stereocenters. The van der Waals surface area contributed by atoms with Gasteiger partial charge in [-0.2, -0.15) is 0 Å². The molecule has 0 radical (unpaired) electrons. The van der Waals surface area contributed by atoms with Crippen LogP contribution < -0.4 is 10.6 Å². The number of rotatable bonds is 6. The van der Waals surface area contributed by atoms with Crippen LogP contribution in [0.15, 0.2) is 24.3 Å². The molecule has 116 valence electrons. The second-order valence-electron chi connectivity index (χ2n) is 5.09. The maximum Gasteiger partial charge on any atom is 0.326 e. The van der Waals surface area contributed by atoms with Crippen LogP contribution in [0.1, 0.15) is 38.8 Å². The molecule has 2 amide bonds. The highest BCUT2D eigenvalue weighted by Gasteiger charge is 2.25. The Morgan fingerprint density at radius 2 is 1.76 bits per heavy atom. The van der Waals surface area contributed by atoms with Gasteiger partial charge < -0.3 is 15.7 Å². The van der Waals surface area contributed by atoms with E-state index in [1.54, 1.807) is 19.1 Å². The molecule has 0 saturated heterocycles. The maximum absolute atomic E-state index is 11.9. The molecule has 6 heteroatoms. The Hall–Kier alpha value is -1.75. The fourth-order valence-corrected chi connectivity index (χ4v) is 2.02. The van der Waals surface area contributed by atoms with Gasteiger partial charge in [-0.05, 0) is 30.5 Å². The topological polar surface area (TPSA) is 78.4 Å². The molecule has 0 aliphatic rings. The molecular formula is C15H21ClN2O3. The summed E-state index contributed by atoms with van der Waals surface area (Å²) in [7, 11) is 0. The average molecular weight is 313 g/mol. The molecule has 0 aromatic heterocycles. The molecule has 0 spiro atoms. The van der Waals surface area contributed by atoms with Crippen LogP contribution in [0.3, 0.4) is 0 Å². The predicted octanol–water partition coefficient (Wildman–Crippen LogP) is 3.20. The smallest absolute Gasteiger partial charge is 0.326 e. The Balaban J connectivity index is 2.63. The van der Waals surface area contributed by atoms with Gasteiger partial charge >= 0.3 is 12.0 Å². The minimum absolute atomic E-state index is 0.140. The van der Waals surface area contributed by atoms with Crippen molar-refractivity contribution in [2.24, 2.45) is 5.92 Å². The monoisotopic (exact) mass is 312 g/mol. The highest BCUT2D eigenvalue weighted by atomic mass is 35.5. The molecule has 1 rings (SSSR count). The SMILES string of the molecule is CCC(C)[C@H](NC(=O)NC(C)c1ccc(Cl)cc1)C(=O)O. The molecule has 0 fully saturated rings. The lowest BCUT2D eigenvalue weighted by Gasteiger charge is -2.22. The summed E-state index contributed by atoms with van der Waals surface area (Å²) < 4.78 is 0. The first-order chi connectivity index (χ1) is 9.85. The molecule has 0 saturated carbocycles. The number of amides is 2. The molecule has 0 aliphatic heterocycles. The summed E-state index contributed by atoms with van der Waals surface area (Å²) >= 11 is 5.81. The summed E-state index contributed by atoms with van der Waals surface area (Å²) in [5.74, 6) is -1.17. The lowest BCUT2D eigenvalue weighted by atomic mass is 9.99. The third kappa shape index (κ3) is 5.27. The highest BCUT2D eigenvalue weighted by molar-refractivity contribution is 6.30. The molecule has 3 N–H and O–H groups in total. The van der Waals surface area contributed by atoms with Crippen LogP contribution in [0.4, 0.5) is 4.79 Å². The predicted molar refractivity (Wildman–Crippen MR) is 82.4 cm³/mol. The number of hydrogen-bond donors (Lipinski definition) is 3. The van der Waals surface area contributed by atoms with E-state index in [-0.39, 0.29) is 12.0 Å². The molecule has 0 heterocycles.